The summed E-state index contributed by atoms with van der Waals surface area (Å²) >= 11 is 3.79. The van der Waals surface area contributed by atoms with Crippen molar-refractivity contribution in [1.29, 1.82) is 0 Å². The van der Waals surface area contributed by atoms with Crippen LogP contribution in [0.3, 0.4) is 0 Å². The zero-order valence-corrected chi connectivity index (χ0v) is 11.5. The van der Waals surface area contributed by atoms with Gasteiger partial charge in [-0.15, -0.1) is 0 Å². The monoisotopic (exact) mass is 243 g/mol. The van der Waals surface area contributed by atoms with Gasteiger partial charge in [-0.1, -0.05) is 13.8 Å². The van der Waals surface area contributed by atoms with Crippen LogP contribution in [0.2, 0.25) is 0 Å². The van der Waals surface area contributed by atoms with E-state index < -0.39 is 0 Å². The van der Waals surface area contributed by atoms with Gasteiger partial charge in [-0.2, -0.15) is 23.1 Å². The molecule has 1 rings (SSSR count). The Morgan fingerprint density at radius 1 is 1.40 bits per heavy atom. The summed E-state index contributed by atoms with van der Waals surface area (Å²) in [5, 5.41) is 7.93. The normalized spacial score (nSPS) is 13.3. The molecule has 1 nitrogen and oxygen atoms in total. The minimum Gasteiger partial charge on any atom is -0.313 e. The molecule has 0 aliphatic carbocycles. The average Bonchev–Trinajstić information content (AvgIpc) is 2.69. The lowest BCUT2D eigenvalue weighted by Crippen LogP contribution is -2.32. The van der Waals surface area contributed by atoms with Gasteiger partial charge in [-0.3, -0.25) is 0 Å². The van der Waals surface area contributed by atoms with E-state index in [2.05, 4.69) is 42.9 Å². The van der Waals surface area contributed by atoms with Gasteiger partial charge in [0, 0.05) is 24.1 Å². The second kappa shape index (κ2) is 7.31. The predicted octanol–water partition coefficient (Wildman–Crippen LogP) is 3.62. The van der Waals surface area contributed by atoms with Gasteiger partial charge in [0.25, 0.3) is 0 Å². The molecule has 0 spiro atoms. The minimum absolute atomic E-state index is 0.631. The first-order valence-electron chi connectivity index (χ1n) is 5.52. The summed E-state index contributed by atoms with van der Waals surface area (Å²) in [5.41, 5.74) is 1.46. The van der Waals surface area contributed by atoms with Gasteiger partial charge in [0.15, 0.2) is 0 Å². The first-order chi connectivity index (χ1) is 7.20. The molecule has 0 fully saturated rings. The van der Waals surface area contributed by atoms with Crippen molar-refractivity contribution in [2.45, 2.75) is 32.6 Å². The number of hydrogen-bond donors (Lipinski definition) is 1. The fourth-order valence-electron chi connectivity index (χ4n) is 1.16. The van der Waals surface area contributed by atoms with Crippen LogP contribution in [0.5, 0.6) is 0 Å². The standard InChI is InChI=1S/C12H21NS2/c1-10(2)11(3)13-5-7-15-9-12-4-6-14-8-12/h4,6,8,10-11,13H,5,7,9H2,1-3H3. The van der Waals surface area contributed by atoms with Crippen LogP contribution in [0.15, 0.2) is 16.8 Å². The number of hydrogen-bond acceptors (Lipinski definition) is 3. The van der Waals surface area contributed by atoms with Crippen molar-refractivity contribution in [3.8, 4) is 0 Å². The Labute approximate surface area is 102 Å². The van der Waals surface area contributed by atoms with Crippen LogP contribution in [0.25, 0.3) is 0 Å². The van der Waals surface area contributed by atoms with Crippen molar-refractivity contribution in [2.24, 2.45) is 5.92 Å². The SMILES string of the molecule is CC(C)C(C)NCCSCc1ccsc1. The van der Waals surface area contributed by atoms with E-state index in [1.807, 2.05) is 11.8 Å². The summed E-state index contributed by atoms with van der Waals surface area (Å²) in [5.74, 6) is 3.08. The third-order valence-electron chi connectivity index (χ3n) is 2.56. The zero-order chi connectivity index (χ0) is 11.1. The Bertz CT molecular complexity index is 244. The third-order valence-corrected chi connectivity index (χ3v) is 4.32. The van der Waals surface area contributed by atoms with Crippen molar-refractivity contribution in [1.82, 2.24) is 5.32 Å². The largest absolute Gasteiger partial charge is 0.313 e. The molecule has 15 heavy (non-hydrogen) atoms. The van der Waals surface area contributed by atoms with E-state index in [0.717, 1.165) is 18.2 Å². The summed E-state index contributed by atoms with van der Waals surface area (Å²) in [6.45, 7) is 7.90. The third kappa shape index (κ3) is 5.59. The molecular formula is C12H21NS2. The highest BCUT2D eigenvalue weighted by Gasteiger charge is 2.04. The highest BCUT2D eigenvalue weighted by atomic mass is 32.2. The van der Waals surface area contributed by atoms with E-state index in [9.17, 15) is 0 Å². The van der Waals surface area contributed by atoms with Gasteiger partial charge in [-0.05, 0) is 35.2 Å². The molecule has 1 aromatic rings. The molecule has 1 unspecified atom stereocenters. The van der Waals surface area contributed by atoms with Crippen LogP contribution in [0.4, 0.5) is 0 Å². The number of thioether (sulfide) groups is 1. The maximum Gasteiger partial charge on any atom is 0.0193 e. The molecule has 1 atom stereocenters. The summed E-state index contributed by atoms with van der Waals surface area (Å²) in [6, 6.07) is 2.84. The van der Waals surface area contributed by atoms with Gasteiger partial charge < -0.3 is 5.32 Å². The predicted molar refractivity (Wildman–Crippen MR) is 72.8 cm³/mol. The molecule has 0 bridgehead atoms. The minimum atomic E-state index is 0.631. The van der Waals surface area contributed by atoms with Crippen LogP contribution in [-0.4, -0.2) is 18.3 Å². The van der Waals surface area contributed by atoms with Crippen LogP contribution in [-0.2, 0) is 5.75 Å². The number of rotatable bonds is 7. The van der Waals surface area contributed by atoms with Crippen molar-refractivity contribution >= 4 is 23.1 Å². The summed E-state index contributed by atoms with van der Waals surface area (Å²) in [4.78, 5) is 0. The summed E-state index contributed by atoms with van der Waals surface area (Å²) in [6.07, 6.45) is 0. The van der Waals surface area contributed by atoms with Crippen LogP contribution >= 0.6 is 23.1 Å². The fourth-order valence-corrected chi connectivity index (χ4v) is 2.76. The van der Waals surface area contributed by atoms with E-state index in [4.69, 9.17) is 0 Å². The van der Waals surface area contributed by atoms with Crippen LogP contribution < -0.4 is 5.32 Å². The van der Waals surface area contributed by atoms with E-state index in [-0.39, 0.29) is 0 Å². The van der Waals surface area contributed by atoms with Gasteiger partial charge >= 0.3 is 0 Å². The molecule has 0 aliphatic rings. The number of nitrogens with one attached hydrogen (secondary N) is 1. The lowest BCUT2D eigenvalue weighted by Gasteiger charge is -2.16. The second-order valence-electron chi connectivity index (χ2n) is 4.17. The molecule has 1 aromatic heterocycles. The molecule has 86 valence electrons. The Morgan fingerprint density at radius 3 is 2.80 bits per heavy atom. The average molecular weight is 243 g/mol. The van der Waals surface area contributed by atoms with Gasteiger partial charge in [-0.25, -0.2) is 0 Å². The van der Waals surface area contributed by atoms with E-state index in [1.54, 1.807) is 11.3 Å². The number of thiophene rings is 1. The van der Waals surface area contributed by atoms with Crippen molar-refractivity contribution in [3.63, 3.8) is 0 Å². The van der Waals surface area contributed by atoms with Crippen LogP contribution in [0.1, 0.15) is 26.3 Å². The highest BCUT2D eigenvalue weighted by Crippen LogP contribution is 2.14. The molecule has 0 radical (unpaired) electrons. The smallest absolute Gasteiger partial charge is 0.0193 e. The highest BCUT2D eigenvalue weighted by molar-refractivity contribution is 7.98. The molecule has 0 saturated heterocycles. The van der Waals surface area contributed by atoms with E-state index >= 15 is 0 Å². The van der Waals surface area contributed by atoms with Crippen molar-refractivity contribution < 1.29 is 0 Å². The van der Waals surface area contributed by atoms with Crippen molar-refractivity contribution in [3.05, 3.63) is 22.4 Å². The zero-order valence-electron chi connectivity index (χ0n) is 9.82. The van der Waals surface area contributed by atoms with Gasteiger partial charge in [0.05, 0.1) is 0 Å². The maximum absolute atomic E-state index is 3.54. The molecular weight excluding hydrogens is 222 g/mol. The molecule has 0 aliphatic heterocycles. The topological polar surface area (TPSA) is 12.0 Å². The first-order valence-corrected chi connectivity index (χ1v) is 7.62. The van der Waals surface area contributed by atoms with Crippen LogP contribution in [0, 0.1) is 5.92 Å². The molecule has 1 N–H and O–H groups in total. The Kier molecular flexibility index (Phi) is 6.37. The quantitative estimate of drug-likeness (QED) is 0.734. The molecule has 3 heteroatoms. The Morgan fingerprint density at radius 2 is 2.20 bits per heavy atom. The Balaban J connectivity index is 1.98. The van der Waals surface area contributed by atoms with E-state index in [0.29, 0.717) is 6.04 Å². The molecule has 0 saturated carbocycles. The van der Waals surface area contributed by atoms with Crippen molar-refractivity contribution in [2.75, 3.05) is 12.3 Å². The molecule has 0 amide bonds. The summed E-state index contributed by atoms with van der Waals surface area (Å²) < 4.78 is 0. The van der Waals surface area contributed by atoms with E-state index in [1.165, 1.54) is 11.3 Å². The molecule has 1 heterocycles. The lowest BCUT2D eigenvalue weighted by atomic mass is 10.1. The summed E-state index contributed by atoms with van der Waals surface area (Å²) in [7, 11) is 0. The lowest BCUT2D eigenvalue weighted by molar-refractivity contribution is 0.438. The fraction of sp³-hybridized carbons (Fsp3) is 0.667. The van der Waals surface area contributed by atoms with Gasteiger partial charge in [0.1, 0.15) is 0 Å². The van der Waals surface area contributed by atoms with Gasteiger partial charge in [0.2, 0.25) is 0 Å². The first kappa shape index (κ1) is 13.1. The second-order valence-corrected chi connectivity index (χ2v) is 6.06. The molecule has 0 aromatic carbocycles. The maximum atomic E-state index is 3.54. The Hall–Kier alpha value is 0.01000.